The Balaban J connectivity index is 2.55. The normalized spacial score (nSPS) is 14.6. The lowest BCUT2D eigenvalue weighted by Crippen LogP contribution is -2.46. The van der Waals surface area contributed by atoms with E-state index in [1.54, 1.807) is 6.92 Å². The maximum absolute atomic E-state index is 9.66. The summed E-state index contributed by atoms with van der Waals surface area (Å²) in [6.07, 6.45) is -0.474. The Kier molecular flexibility index (Phi) is 5.23. The molecule has 1 aromatic carbocycles. The Morgan fingerprint density at radius 1 is 1.00 bits per heavy atom. The van der Waals surface area contributed by atoms with Gasteiger partial charge in [0.05, 0.1) is 6.10 Å². The minimum absolute atomic E-state index is 0.474. The van der Waals surface area contributed by atoms with Crippen LogP contribution >= 0.6 is 0 Å². The van der Waals surface area contributed by atoms with Crippen molar-refractivity contribution in [3.05, 3.63) is 35.9 Å². The molecule has 1 rings (SSSR count). The highest BCUT2D eigenvalue weighted by Crippen LogP contribution is 2.20. The summed E-state index contributed by atoms with van der Waals surface area (Å²) in [4.78, 5) is 19.3. The molecule has 18 heavy (non-hydrogen) atoms. The molecule has 1 unspecified atom stereocenters. The van der Waals surface area contributed by atoms with Crippen LogP contribution in [0.2, 0.25) is 19.6 Å². The van der Waals surface area contributed by atoms with Gasteiger partial charge in [0.25, 0.3) is 0 Å². The standard InChI is InChI=1S/C11H20O5Si2/c1-10(11-8-6-5-7-9-11)14-18(12,13)16-15-17(2,3)4/h5-10,12-13H,1-4H3. The molecule has 0 aliphatic carbocycles. The Labute approximate surface area is 109 Å². The molecule has 0 saturated carbocycles. The second kappa shape index (κ2) is 6.06. The van der Waals surface area contributed by atoms with Crippen molar-refractivity contribution < 1.29 is 23.2 Å². The first kappa shape index (κ1) is 15.5. The van der Waals surface area contributed by atoms with Crippen molar-refractivity contribution in [3.8, 4) is 0 Å². The van der Waals surface area contributed by atoms with Crippen LogP contribution in [0.15, 0.2) is 30.3 Å². The first-order chi connectivity index (χ1) is 8.20. The maximum Gasteiger partial charge on any atom is 0.701 e. The zero-order chi connectivity index (χ0) is 13.8. The Morgan fingerprint density at radius 3 is 2.06 bits per heavy atom. The molecule has 0 fully saturated rings. The highest BCUT2D eigenvalue weighted by Gasteiger charge is 2.42. The van der Waals surface area contributed by atoms with Gasteiger partial charge in [0.2, 0.25) is 8.32 Å². The second-order valence-corrected chi connectivity index (χ2v) is 10.9. The molecule has 0 amide bonds. The third-order valence-corrected chi connectivity index (χ3v) is 3.71. The predicted octanol–water partition coefficient (Wildman–Crippen LogP) is 1.97. The van der Waals surface area contributed by atoms with Gasteiger partial charge in [-0.05, 0) is 32.1 Å². The number of hydrogen-bond donors (Lipinski definition) is 2. The summed E-state index contributed by atoms with van der Waals surface area (Å²) in [7, 11) is -6.23. The monoisotopic (exact) mass is 288 g/mol. The fraction of sp³-hybridized carbons (Fsp3) is 0.455. The third-order valence-electron chi connectivity index (χ3n) is 2.00. The topological polar surface area (TPSA) is 68.2 Å². The van der Waals surface area contributed by atoms with Crippen molar-refractivity contribution >= 4 is 17.4 Å². The van der Waals surface area contributed by atoms with Gasteiger partial charge in [0.15, 0.2) is 0 Å². The summed E-state index contributed by atoms with van der Waals surface area (Å²) >= 11 is 0. The summed E-state index contributed by atoms with van der Waals surface area (Å²) in [6, 6.07) is 9.27. The molecule has 1 atom stereocenters. The highest BCUT2D eigenvalue weighted by molar-refractivity contribution is 6.69. The van der Waals surface area contributed by atoms with Crippen molar-refractivity contribution in [2.75, 3.05) is 0 Å². The van der Waals surface area contributed by atoms with Gasteiger partial charge < -0.3 is 14.0 Å². The molecular formula is C11H20O5Si2. The van der Waals surface area contributed by atoms with Crippen molar-refractivity contribution in [2.24, 2.45) is 0 Å². The maximum atomic E-state index is 9.66. The van der Waals surface area contributed by atoms with Gasteiger partial charge in [-0.1, -0.05) is 30.3 Å². The average Bonchev–Trinajstić information content (AvgIpc) is 2.26. The average molecular weight is 288 g/mol. The molecule has 1 aromatic rings. The third kappa shape index (κ3) is 5.87. The molecule has 7 heteroatoms. The summed E-state index contributed by atoms with van der Waals surface area (Å²) in [6.45, 7) is 7.34. The largest absolute Gasteiger partial charge is 0.701 e. The molecular weight excluding hydrogens is 268 g/mol. The molecule has 0 aromatic heterocycles. The van der Waals surface area contributed by atoms with Crippen molar-refractivity contribution in [2.45, 2.75) is 32.7 Å². The van der Waals surface area contributed by atoms with Gasteiger partial charge in [-0.3, -0.25) is 4.58 Å². The van der Waals surface area contributed by atoms with Crippen LogP contribution in [-0.2, 0) is 13.6 Å². The molecule has 0 heterocycles. The molecule has 0 aliphatic rings. The zero-order valence-electron chi connectivity index (χ0n) is 11.1. The zero-order valence-corrected chi connectivity index (χ0v) is 13.1. The smallest absolute Gasteiger partial charge is 0.366 e. The van der Waals surface area contributed by atoms with Crippen molar-refractivity contribution in [1.29, 1.82) is 0 Å². The lowest BCUT2D eigenvalue weighted by atomic mass is 10.1. The SMILES string of the molecule is CC(O[Si](O)(O)OO[Si](C)(C)C)c1ccccc1. The van der Waals surface area contributed by atoms with E-state index in [1.165, 1.54) is 0 Å². The van der Waals surface area contributed by atoms with E-state index in [0.717, 1.165) is 5.56 Å². The fourth-order valence-electron chi connectivity index (χ4n) is 1.22. The Hall–Kier alpha value is -0.546. The van der Waals surface area contributed by atoms with E-state index in [2.05, 4.69) is 4.58 Å². The molecule has 0 radical (unpaired) electrons. The Morgan fingerprint density at radius 2 is 1.56 bits per heavy atom. The summed E-state index contributed by atoms with van der Waals surface area (Å²) in [5.41, 5.74) is 0.842. The van der Waals surface area contributed by atoms with Gasteiger partial charge in [-0.2, -0.15) is 0 Å². The molecule has 0 aliphatic heterocycles. The van der Waals surface area contributed by atoms with E-state index < -0.39 is 23.5 Å². The molecule has 102 valence electrons. The van der Waals surface area contributed by atoms with E-state index in [9.17, 15) is 9.59 Å². The lowest BCUT2D eigenvalue weighted by Gasteiger charge is -2.24. The van der Waals surface area contributed by atoms with Gasteiger partial charge >= 0.3 is 9.05 Å². The molecule has 0 bridgehead atoms. The van der Waals surface area contributed by atoms with Crippen LogP contribution in [0.3, 0.4) is 0 Å². The van der Waals surface area contributed by atoms with Crippen LogP contribution in [0.25, 0.3) is 0 Å². The van der Waals surface area contributed by atoms with Crippen LogP contribution < -0.4 is 0 Å². The lowest BCUT2D eigenvalue weighted by molar-refractivity contribution is -0.200. The van der Waals surface area contributed by atoms with E-state index in [0.29, 0.717) is 0 Å². The summed E-state index contributed by atoms with van der Waals surface area (Å²) in [5.74, 6) is 0. The van der Waals surface area contributed by atoms with Crippen molar-refractivity contribution in [3.63, 3.8) is 0 Å². The van der Waals surface area contributed by atoms with Crippen LogP contribution in [0.1, 0.15) is 18.6 Å². The van der Waals surface area contributed by atoms with E-state index in [4.69, 9.17) is 9.00 Å². The quantitative estimate of drug-likeness (QED) is 0.476. The number of rotatable bonds is 6. The van der Waals surface area contributed by atoms with Gasteiger partial charge in [-0.15, -0.1) is 0 Å². The first-order valence-electron chi connectivity index (χ1n) is 5.74. The summed E-state index contributed by atoms with van der Waals surface area (Å²) in [5, 5.41) is 0. The minimum Gasteiger partial charge on any atom is -0.366 e. The highest BCUT2D eigenvalue weighted by atomic mass is 28.4. The van der Waals surface area contributed by atoms with Crippen LogP contribution in [0.5, 0.6) is 0 Å². The van der Waals surface area contributed by atoms with Gasteiger partial charge in [0, 0.05) is 0 Å². The van der Waals surface area contributed by atoms with Crippen LogP contribution in [0, 0.1) is 0 Å². The number of hydrogen-bond acceptors (Lipinski definition) is 5. The fourth-order valence-corrected chi connectivity index (χ4v) is 3.29. The van der Waals surface area contributed by atoms with E-state index in [-0.39, 0.29) is 0 Å². The van der Waals surface area contributed by atoms with Gasteiger partial charge in [-0.25, -0.2) is 4.58 Å². The number of benzene rings is 1. The van der Waals surface area contributed by atoms with Gasteiger partial charge in [0.1, 0.15) is 0 Å². The molecule has 2 N–H and O–H groups in total. The van der Waals surface area contributed by atoms with E-state index >= 15 is 0 Å². The Bertz CT molecular complexity index is 363. The molecule has 0 saturated heterocycles. The second-order valence-electron chi connectivity index (χ2n) is 5.00. The van der Waals surface area contributed by atoms with Crippen LogP contribution in [-0.4, -0.2) is 27.0 Å². The minimum atomic E-state index is -4.25. The predicted molar refractivity (Wildman–Crippen MR) is 71.6 cm³/mol. The summed E-state index contributed by atoms with van der Waals surface area (Å²) < 4.78 is 14.8. The van der Waals surface area contributed by atoms with E-state index in [1.807, 2.05) is 50.0 Å². The first-order valence-corrected chi connectivity index (χ1v) is 10.9. The molecule has 0 spiro atoms. The van der Waals surface area contributed by atoms with Crippen molar-refractivity contribution in [1.82, 2.24) is 0 Å². The van der Waals surface area contributed by atoms with Crippen LogP contribution in [0.4, 0.5) is 0 Å². The molecule has 5 nitrogen and oxygen atoms in total.